The van der Waals surface area contributed by atoms with E-state index in [9.17, 15) is 9.18 Å². The number of fused-ring (bicyclic) bond motifs is 1. The maximum Gasteiger partial charge on any atom is 0.228 e. The number of benzene rings is 1. The van der Waals surface area contributed by atoms with Crippen LogP contribution in [0, 0.1) is 5.82 Å². The molecule has 22 heavy (non-hydrogen) atoms. The van der Waals surface area contributed by atoms with Gasteiger partial charge in [-0.2, -0.15) is 0 Å². The fraction of sp³-hybridized carbons (Fsp3) is 0.176. The van der Waals surface area contributed by atoms with Gasteiger partial charge in [0.15, 0.2) is 0 Å². The number of aryl methyl sites for hydroxylation is 1. The molecule has 2 N–H and O–H groups in total. The van der Waals surface area contributed by atoms with Gasteiger partial charge in [-0.05, 0) is 23.6 Å². The van der Waals surface area contributed by atoms with Crippen LogP contribution in [-0.4, -0.2) is 15.9 Å². The number of H-pyrrole nitrogens is 1. The van der Waals surface area contributed by atoms with E-state index in [4.69, 9.17) is 0 Å². The average molecular weight is 297 g/mol. The second-order valence-electron chi connectivity index (χ2n) is 5.15. The topological polar surface area (TPSA) is 57.8 Å². The Kier molecular flexibility index (Phi) is 3.87. The lowest BCUT2D eigenvalue weighted by Crippen LogP contribution is -2.14. The van der Waals surface area contributed by atoms with Gasteiger partial charge in [0.1, 0.15) is 11.5 Å². The van der Waals surface area contributed by atoms with Crippen molar-refractivity contribution in [1.29, 1.82) is 0 Å². The van der Waals surface area contributed by atoms with Crippen molar-refractivity contribution in [3.63, 3.8) is 0 Å². The lowest BCUT2D eigenvalue weighted by Gasteiger charge is -2.05. The summed E-state index contributed by atoms with van der Waals surface area (Å²) in [7, 11) is 0. The van der Waals surface area contributed by atoms with Crippen LogP contribution in [-0.2, 0) is 17.6 Å². The van der Waals surface area contributed by atoms with E-state index in [1.165, 1.54) is 11.6 Å². The maximum atomic E-state index is 13.3. The predicted molar refractivity (Wildman–Crippen MR) is 84.2 cm³/mol. The normalized spacial score (nSPS) is 10.8. The lowest BCUT2D eigenvalue weighted by atomic mass is 10.1. The first-order valence-electron chi connectivity index (χ1n) is 7.16. The van der Waals surface area contributed by atoms with Crippen LogP contribution in [0.1, 0.15) is 18.1 Å². The Labute approximate surface area is 127 Å². The Hall–Kier alpha value is -2.69. The van der Waals surface area contributed by atoms with E-state index in [1.807, 2.05) is 24.3 Å². The molecule has 1 amide bonds. The molecule has 3 rings (SSSR count). The van der Waals surface area contributed by atoms with Gasteiger partial charge in [-0.1, -0.05) is 31.2 Å². The summed E-state index contributed by atoms with van der Waals surface area (Å²) >= 11 is 0. The van der Waals surface area contributed by atoms with Crippen molar-refractivity contribution in [3.05, 3.63) is 59.7 Å². The third kappa shape index (κ3) is 2.98. The van der Waals surface area contributed by atoms with Gasteiger partial charge >= 0.3 is 0 Å². The summed E-state index contributed by atoms with van der Waals surface area (Å²) < 4.78 is 13.3. The van der Waals surface area contributed by atoms with Gasteiger partial charge in [-0.25, -0.2) is 9.37 Å². The van der Waals surface area contributed by atoms with Gasteiger partial charge in [0.2, 0.25) is 5.91 Å². The van der Waals surface area contributed by atoms with Gasteiger partial charge in [0, 0.05) is 11.6 Å². The van der Waals surface area contributed by atoms with Crippen LogP contribution >= 0.6 is 0 Å². The fourth-order valence-electron chi connectivity index (χ4n) is 2.35. The molecule has 1 aromatic carbocycles. The summed E-state index contributed by atoms with van der Waals surface area (Å²) in [6.07, 6.45) is 4.01. The number of hydrogen-bond acceptors (Lipinski definition) is 2. The van der Waals surface area contributed by atoms with E-state index in [2.05, 4.69) is 22.2 Å². The predicted octanol–water partition coefficient (Wildman–Crippen LogP) is 3.45. The molecule has 0 bridgehead atoms. The molecule has 112 valence electrons. The summed E-state index contributed by atoms with van der Waals surface area (Å²) in [5, 5.41) is 3.36. The number of nitrogens with one attached hydrogen (secondary N) is 2. The first kappa shape index (κ1) is 14.3. The van der Waals surface area contributed by atoms with Gasteiger partial charge in [0.05, 0.1) is 18.3 Å². The molecule has 0 saturated carbocycles. The van der Waals surface area contributed by atoms with E-state index < -0.39 is 5.82 Å². The number of aromatic nitrogens is 2. The zero-order chi connectivity index (χ0) is 15.5. The van der Waals surface area contributed by atoms with Gasteiger partial charge < -0.3 is 10.3 Å². The van der Waals surface area contributed by atoms with Crippen molar-refractivity contribution in [2.75, 3.05) is 5.32 Å². The second-order valence-corrected chi connectivity index (χ2v) is 5.15. The van der Waals surface area contributed by atoms with Crippen molar-refractivity contribution >= 4 is 22.6 Å². The number of carbonyl (C=O) groups is 1. The van der Waals surface area contributed by atoms with Crippen LogP contribution < -0.4 is 5.32 Å². The summed E-state index contributed by atoms with van der Waals surface area (Å²) in [6.45, 7) is 2.09. The SMILES string of the molecule is CCc1ccc(CC(=O)Nc2c[nH]c3ncc(F)cc23)cc1. The standard InChI is InChI=1S/C17H16FN3O/c1-2-11-3-5-12(6-4-11)7-16(22)21-15-10-20-17-14(15)8-13(18)9-19-17/h3-6,8-10H,2,7H2,1H3,(H,19,20)(H,21,22). The first-order chi connectivity index (χ1) is 10.7. The summed E-state index contributed by atoms with van der Waals surface area (Å²) in [5.41, 5.74) is 3.27. The molecule has 2 heterocycles. The third-order valence-electron chi connectivity index (χ3n) is 3.57. The number of halogens is 1. The van der Waals surface area contributed by atoms with E-state index in [1.54, 1.807) is 6.20 Å². The van der Waals surface area contributed by atoms with E-state index in [-0.39, 0.29) is 12.3 Å². The minimum Gasteiger partial charge on any atom is -0.344 e. The van der Waals surface area contributed by atoms with Crippen LogP contribution in [0.3, 0.4) is 0 Å². The minimum absolute atomic E-state index is 0.144. The van der Waals surface area contributed by atoms with Crippen molar-refractivity contribution in [1.82, 2.24) is 9.97 Å². The molecule has 0 aliphatic carbocycles. The zero-order valence-electron chi connectivity index (χ0n) is 12.2. The molecule has 0 radical (unpaired) electrons. The Morgan fingerprint density at radius 1 is 1.27 bits per heavy atom. The Morgan fingerprint density at radius 3 is 2.73 bits per heavy atom. The van der Waals surface area contributed by atoms with Gasteiger partial charge in [-0.3, -0.25) is 4.79 Å². The highest BCUT2D eigenvalue weighted by Gasteiger charge is 2.10. The zero-order valence-corrected chi connectivity index (χ0v) is 12.2. The monoisotopic (exact) mass is 297 g/mol. The van der Waals surface area contributed by atoms with E-state index in [0.29, 0.717) is 16.7 Å². The number of rotatable bonds is 4. The molecule has 0 fully saturated rings. The number of hydrogen-bond donors (Lipinski definition) is 2. The average Bonchev–Trinajstić information content (AvgIpc) is 2.90. The molecule has 0 spiro atoms. The van der Waals surface area contributed by atoms with E-state index in [0.717, 1.165) is 18.2 Å². The minimum atomic E-state index is -0.433. The van der Waals surface area contributed by atoms with Crippen molar-refractivity contribution < 1.29 is 9.18 Å². The Bertz CT molecular complexity index is 808. The van der Waals surface area contributed by atoms with Crippen LogP contribution in [0.25, 0.3) is 11.0 Å². The lowest BCUT2D eigenvalue weighted by molar-refractivity contribution is -0.115. The highest BCUT2D eigenvalue weighted by molar-refractivity contribution is 6.01. The smallest absolute Gasteiger partial charge is 0.228 e. The van der Waals surface area contributed by atoms with Crippen molar-refractivity contribution in [2.24, 2.45) is 0 Å². The van der Waals surface area contributed by atoms with Gasteiger partial charge in [0.25, 0.3) is 0 Å². The molecule has 3 aromatic rings. The fourth-order valence-corrected chi connectivity index (χ4v) is 2.35. The maximum absolute atomic E-state index is 13.3. The molecule has 0 unspecified atom stereocenters. The third-order valence-corrected chi connectivity index (χ3v) is 3.57. The highest BCUT2D eigenvalue weighted by atomic mass is 19.1. The van der Waals surface area contributed by atoms with Crippen LogP contribution in [0.5, 0.6) is 0 Å². The summed E-state index contributed by atoms with van der Waals surface area (Å²) in [5.74, 6) is -0.577. The number of carbonyl (C=O) groups excluding carboxylic acids is 1. The number of pyridine rings is 1. The number of amides is 1. The first-order valence-corrected chi connectivity index (χ1v) is 7.16. The van der Waals surface area contributed by atoms with E-state index >= 15 is 0 Å². The summed E-state index contributed by atoms with van der Waals surface area (Å²) in [6, 6.07) is 9.30. The number of nitrogens with zero attached hydrogens (tertiary/aromatic N) is 1. The van der Waals surface area contributed by atoms with Crippen LogP contribution in [0.15, 0.2) is 42.7 Å². The molecular weight excluding hydrogens is 281 g/mol. The molecule has 5 heteroatoms. The molecule has 4 nitrogen and oxygen atoms in total. The molecule has 0 aliphatic heterocycles. The van der Waals surface area contributed by atoms with Crippen LogP contribution in [0.4, 0.5) is 10.1 Å². The molecule has 0 atom stereocenters. The summed E-state index contributed by atoms with van der Waals surface area (Å²) in [4.78, 5) is 19.0. The number of anilines is 1. The van der Waals surface area contributed by atoms with Crippen molar-refractivity contribution in [2.45, 2.75) is 19.8 Å². The van der Waals surface area contributed by atoms with Crippen molar-refractivity contribution in [3.8, 4) is 0 Å². The quantitative estimate of drug-likeness (QED) is 0.775. The van der Waals surface area contributed by atoms with Crippen LogP contribution in [0.2, 0.25) is 0 Å². The molecule has 0 saturated heterocycles. The Morgan fingerprint density at radius 2 is 2.00 bits per heavy atom. The largest absolute Gasteiger partial charge is 0.344 e. The highest BCUT2D eigenvalue weighted by Crippen LogP contribution is 2.22. The molecular formula is C17H16FN3O. The van der Waals surface area contributed by atoms with Gasteiger partial charge in [-0.15, -0.1) is 0 Å². The molecule has 0 aliphatic rings. The Balaban J connectivity index is 1.73. The number of aromatic amines is 1. The molecule has 2 aromatic heterocycles. The second kappa shape index (κ2) is 5.97.